The maximum atomic E-state index is 10.6. The summed E-state index contributed by atoms with van der Waals surface area (Å²) in [6.45, 7) is 0. The van der Waals surface area contributed by atoms with Crippen molar-refractivity contribution in [2.24, 2.45) is 0 Å². The van der Waals surface area contributed by atoms with Crippen LogP contribution in [0.3, 0.4) is 0 Å². The van der Waals surface area contributed by atoms with Crippen molar-refractivity contribution < 1.29 is 27.4 Å². The number of nitro benzene ring substituents is 1. The van der Waals surface area contributed by atoms with Gasteiger partial charge in [0.2, 0.25) is 0 Å². The second-order valence-electron chi connectivity index (χ2n) is 3.30. The van der Waals surface area contributed by atoms with Crippen molar-refractivity contribution in [2.75, 3.05) is 5.75 Å². The van der Waals surface area contributed by atoms with E-state index in [1.165, 1.54) is 12.1 Å². The van der Waals surface area contributed by atoms with Gasteiger partial charge in [0.05, 0.1) is 11.0 Å². The summed E-state index contributed by atoms with van der Waals surface area (Å²) in [5, 5.41) is 10.5. The van der Waals surface area contributed by atoms with E-state index in [2.05, 4.69) is 0 Å². The van der Waals surface area contributed by atoms with Gasteiger partial charge in [0.1, 0.15) is 5.75 Å². The van der Waals surface area contributed by atoms with E-state index in [0.29, 0.717) is 0 Å². The molecule has 8 nitrogen and oxygen atoms in total. The number of hydrogen-bond acceptors (Lipinski definition) is 6. The van der Waals surface area contributed by atoms with Gasteiger partial charge in [-0.3, -0.25) is 14.7 Å². The van der Waals surface area contributed by atoms with Gasteiger partial charge in [-0.05, 0) is 6.07 Å². The lowest BCUT2D eigenvalue weighted by Crippen LogP contribution is -2.27. The minimum atomic E-state index is -4.24. The zero-order valence-electron chi connectivity index (χ0n) is 8.27. The van der Waals surface area contributed by atoms with E-state index in [4.69, 9.17) is 14.0 Å². The molecule has 0 bridgehead atoms. The topological polar surface area (TPSA) is 116 Å². The molecule has 9 heteroatoms. The highest BCUT2D eigenvalue weighted by atomic mass is 32.2. The monoisotopic (exact) mass is 261 g/mol. The van der Waals surface area contributed by atoms with Crippen LogP contribution in [-0.2, 0) is 10.1 Å². The highest BCUT2D eigenvalue weighted by molar-refractivity contribution is 7.85. The van der Waals surface area contributed by atoms with E-state index in [9.17, 15) is 18.5 Å². The summed E-state index contributed by atoms with van der Waals surface area (Å²) in [6.07, 6.45) is -1.19. The molecule has 0 aromatic heterocycles. The minimum Gasteiger partial charge on any atom is -0.450 e. The van der Waals surface area contributed by atoms with Gasteiger partial charge in [0, 0.05) is 6.07 Å². The standard InChI is InChI=1S/C8H7NO7S/c10-9(11)5-1-2-6-7(3-5)16-8(15-6)4-17(12,13)14/h1-3,8H,4H2,(H,12,13,14). The Bertz CT molecular complexity index is 567. The molecule has 1 N–H and O–H groups in total. The number of rotatable bonds is 3. The van der Waals surface area contributed by atoms with Crippen molar-refractivity contribution in [3.8, 4) is 11.5 Å². The number of nitrogens with zero attached hydrogens (tertiary/aromatic N) is 1. The highest BCUT2D eigenvalue weighted by Gasteiger charge is 2.29. The first-order valence-electron chi connectivity index (χ1n) is 4.42. The fourth-order valence-electron chi connectivity index (χ4n) is 1.35. The Morgan fingerprint density at radius 3 is 2.59 bits per heavy atom. The summed E-state index contributed by atoms with van der Waals surface area (Å²) in [7, 11) is -4.24. The lowest BCUT2D eigenvalue weighted by molar-refractivity contribution is -0.384. The van der Waals surface area contributed by atoms with Crippen LogP contribution >= 0.6 is 0 Å². The summed E-state index contributed by atoms with van der Waals surface area (Å²) >= 11 is 0. The molecule has 0 aliphatic carbocycles. The fraction of sp³-hybridized carbons (Fsp3) is 0.250. The van der Waals surface area contributed by atoms with Crippen LogP contribution in [0.15, 0.2) is 18.2 Å². The third-order valence-electron chi connectivity index (χ3n) is 2.00. The molecule has 1 aromatic rings. The van der Waals surface area contributed by atoms with E-state index in [1.54, 1.807) is 0 Å². The Balaban J connectivity index is 2.19. The van der Waals surface area contributed by atoms with E-state index in [0.717, 1.165) is 6.07 Å². The van der Waals surface area contributed by atoms with Crippen molar-refractivity contribution in [2.45, 2.75) is 6.29 Å². The molecule has 0 saturated carbocycles. The second kappa shape index (κ2) is 3.86. The summed E-state index contributed by atoms with van der Waals surface area (Å²) in [5.74, 6) is -0.466. The zero-order valence-corrected chi connectivity index (χ0v) is 9.09. The molecule has 1 atom stereocenters. The first kappa shape index (κ1) is 11.6. The van der Waals surface area contributed by atoms with Crippen molar-refractivity contribution in [1.82, 2.24) is 0 Å². The Kier molecular flexibility index (Phi) is 2.63. The smallest absolute Gasteiger partial charge is 0.273 e. The van der Waals surface area contributed by atoms with E-state index < -0.39 is 27.1 Å². The van der Waals surface area contributed by atoms with E-state index in [-0.39, 0.29) is 17.2 Å². The molecule has 1 unspecified atom stereocenters. The van der Waals surface area contributed by atoms with Crippen LogP contribution < -0.4 is 9.47 Å². The predicted molar refractivity (Wildman–Crippen MR) is 54.6 cm³/mol. The highest BCUT2D eigenvalue weighted by Crippen LogP contribution is 2.37. The third-order valence-corrected chi connectivity index (χ3v) is 2.70. The number of benzene rings is 1. The number of fused-ring (bicyclic) bond motifs is 1. The molecule has 17 heavy (non-hydrogen) atoms. The molecule has 1 aliphatic heterocycles. The maximum Gasteiger partial charge on any atom is 0.273 e. The Morgan fingerprint density at radius 2 is 2.00 bits per heavy atom. The summed E-state index contributed by atoms with van der Waals surface area (Å²) in [5.41, 5.74) is -0.195. The molecule has 0 spiro atoms. The number of nitro groups is 1. The van der Waals surface area contributed by atoms with Crippen LogP contribution in [-0.4, -0.2) is 29.9 Å². The molecular formula is C8H7NO7S. The Hall–Kier alpha value is -1.87. The summed E-state index contributed by atoms with van der Waals surface area (Å²) in [6, 6.07) is 3.63. The van der Waals surface area contributed by atoms with E-state index >= 15 is 0 Å². The second-order valence-corrected chi connectivity index (χ2v) is 4.80. The predicted octanol–water partition coefficient (Wildman–Crippen LogP) is 0.580. The minimum absolute atomic E-state index is 0.0767. The van der Waals surface area contributed by atoms with Gasteiger partial charge in [0.25, 0.3) is 22.1 Å². The van der Waals surface area contributed by atoms with Gasteiger partial charge in [0.15, 0.2) is 11.5 Å². The molecule has 0 saturated heterocycles. The van der Waals surface area contributed by atoms with Crippen molar-refractivity contribution >= 4 is 15.8 Å². The average molecular weight is 261 g/mol. The molecule has 2 rings (SSSR count). The van der Waals surface area contributed by atoms with E-state index in [1.807, 2.05) is 0 Å². The zero-order chi connectivity index (χ0) is 12.6. The molecule has 92 valence electrons. The lowest BCUT2D eigenvalue weighted by atomic mass is 10.3. The van der Waals surface area contributed by atoms with Gasteiger partial charge >= 0.3 is 0 Å². The molecule has 0 amide bonds. The summed E-state index contributed by atoms with van der Waals surface area (Å²) < 4.78 is 39.8. The quantitative estimate of drug-likeness (QED) is 0.480. The van der Waals surface area contributed by atoms with Crippen LogP contribution in [0, 0.1) is 10.1 Å². The molecule has 0 radical (unpaired) electrons. The fourth-order valence-corrected chi connectivity index (χ4v) is 1.83. The average Bonchev–Trinajstić information content (AvgIpc) is 2.54. The molecule has 1 heterocycles. The van der Waals surface area contributed by atoms with Crippen LogP contribution in [0.1, 0.15) is 0 Å². The molecule has 1 aliphatic rings. The third kappa shape index (κ3) is 2.63. The van der Waals surface area contributed by atoms with Gasteiger partial charge < -0.3 is 9.47 Å². The van der Waals surface area contributed by atoms with Gasteiger partial charge in [-0.2, -0.15) is 8.42 Å². The largest absolute Gasteiger partial charge is 0.450 e. The molecular weight excluding hydrogens is 254 g/mol. The number of ether oxygens (including phenoxy) is 2. The van der Waals surface area contributed by atoms with Gasteiger partial charge in [-0.1, -0.05) is 0 Å². The van der Waals surface area contributed by atoms with Crippen molar-refractivity contribution in [3.05, 3.63) is 28.3 Å². The number of hydrogen-bond donors (Lipinski definition) is 1. The molecule has 1 aromatic carbocycles. The Morgan fingerprint density at radius 1 is 1.35 bits per heavy atom. The van der Waals surface area contributed by atoms with Crippen molar-refractivity contribution in [1.29, 1.82) is 0 Å². The lowest BCUT2D eigenvalue weighted by Gasteiger charge is -2.06. The van der Waals surface area contributed by atoms with Gasteiger partial charge in [-0.15, -0.1) is 0 Å². The van der Waals surface area contributed by atoms with Crippen LogP contribution in [0.4, 0.5) is 5.69 Å². The normalized spacial score (nSPS) is 18.1. The first-order chi connectivity index (χ1) is 7.85. The van der Waals surface area contributed by atoms with Crippen LogP contribution in [0.5, 0.6) is 11.5 Å². The summed E-state index contributed by atoms with van der Waals surface area (Å²) in [4.78, 5) is 9.87. The van der Waals surface area contributed by atoms with Gasteiger partial charge in [-0.25, -0.2) is 0 Å². The SMILES string of the molecule is O=[N+]([O-])c1ccc2c(c1)OC(CS(=O)(=O)O)O2. The first-order valence-corrected chi connectivity index (χ1v) is 6.03. The molecule has 0 fully saturated rings. The van der Waals surface area contributed by atoms with Crippen molar-refractivity contribution in [3.63, 3.8) is 0 Å². The van der Waals surface area contributed by atoms with Crippen LogP contribution in [0.25, 0.3) is 0 Å². The Labute approximate surface area is 95.7 Å². The maximum absolute atomic E-state index is 10.6. The van der Waals surface area contributed by atoms with Crippen LogP contribution in [0.2, 0.25) is 0 Å². The number of non-ortho nitro benzene ring substituents is 1.